The third-order valence-corrected chi connectivity index (χ3v) is 3.28. The van der Waals surface area contributed by atoms with Crippen LogP contribution in [0.1, 0.15) is 33.1 Å². The normalized spacial score (nSPS) is 21.2. The van der Waals surface area contributed by atoms with E-state index in [2.05, 4.69) is 11.8 Å². The Morgan fingerprint density at radius 3 is 2.89 bits per heavy atom. The van der Waals surface area contributed by atoms with Gasteiger partial charge in [0.25, 0.3) is 0 Å². The number of rotatable bonds is 8. The van der Waals surface area contributed by atoms with Crippen LogP contribution in [0.2, 0.25) is 0 Å². The molecule has 0 radical (unpaired) electrons. The molecule has 0 aromatic rings. The molecule has 5 nitrogen and oxygen atoms in total. The molecule has 0 amide bonds. The Kier molecular flexibility index (Phi) is 7.23. The number of carbonyl (C=O) groups excluding carboxylic acids is 1. The molecule has 5 heteroatoms. The summed E-state index contributed by atoms with van der Waals surface area (Å²) in [5.74, 6) is -0.300. The van der Waals surface area contributed by atoms with Gasteiger partial charge < -0.3 is 20.1 Å². The Hall–Kier alpha value is -0.650. The van der Waals surface area contributed by atoms with Crippen LogP contribution in [0.3, 0.4) is 0 Å². The third-order valence-electron chi connectivity index (χ3n) is 3.28. The molecule has 2 N–H and O–H groups in total. The number of esters is 1. The van der Waals surface area contributed by atoms with Crippen molar-refractivity contribution < 1.29 is 14.3 Å². The van der Waals surface area contributed by atoms with Crippen molar-refractivity contribution in [3.8, 4) is 0 Å². The van der Waals surface area contributed by atoms with Gasteiger partial charge in [0.15, 0.2) is 0 Å². The van der Waals surface area contributed by atoms with Crippen LogP contribution in [0.5, 0.6) is 0 Å². The molecule has 0 aromatic carbocycles. The van der Waals surface area contributed by atoms with Gasteiger partial charge in [0.1, 0.15) is 6.04 Å². The smallest absolute Gasteiger partial charge is 0.322 e. The zero-order chi connectivity index (χ0) is 13.4. The van der Waals surface area contributed by atoms with Crippen molar-refractivity contribution in [2.45, 2.75) is 45.3 Å². The van der Waals surface area contributed by atoms with Gasteiger partial charge in [-0.1, -0.05) is 6.92 Å². The number of likely N-dealkylation sites (N-methyl/N-ethyl adjacent to an activating group) is 1. The van der Waals surface area contributed by atoms with Gasteiger partial charge in [-0.2, -0.15) is 0 Å². The second kappa shape index (κ2) is 8.45. The summed E-state index contributed by atoms with van der Waals surface area (Å²) in [6, 6.07) is -0.511. The van der Waals surface area contributed by atoms with Crippen molar-refractivity contribution in [1.29, 1.82) is 0 Å². The van der Waals surface area contributed by atoms with Crippen molar-refractivity contribution in [2.75, 3.05) is 32.8 Å². The lowest BCUT2D eigenvalue weighted by Gasteiger charge is -2.24. The largest absolute Gasteiger partial charge is 0.465 e. The average Bonchev–Trinajstić information content (AvgIpc) is 2.87. The van der Waals surface area contributed by atoms with E-state index >= 15 is 0 Å². The van der Waals surface area contributed by atoms with Gasteiger partial charge in [0.05, 0.1) is 12.7 Å². The first-order chi connectivity index (χ1) is 8.67. The van der Waals surface area contributed by atoms with E-state index in [1.54, 1.807) is 6.92 Å². The second-order valence-electron chi connectivity index (χ2n) is 4.68. The summed E-state index contributed by atoms with van der Waals surface area (Å²) in [7, 11) is 0. The highest BCUT2D eigenvalue weighted by Gasteiger charge is 2.20. The Balaban J connectivity index is 2.23. The zero-order valence-corrected chi connectivity index (χ0v) is 11.6. The topological polar surface area (TPSA) is 64.8 Å². The first-order valence-electron chi connectivity index (χ1n) is 6.93. The van der Waals surface area contributed by atoms with E-state index in [9.17, 15) is 4.79 Å². The first kappa shape index (κ1) is 15.4. The van der Waals surface area contributed by atoms with Crippen LogP contribution >= 0.6 is 0 Å². The van der Waals surface area contributed by atoms with Crippen molar-refractivity contribution in [2.24, 2.45) is 5.73 Å². The van der Waals surface area contributed by atoms with Crippen LogP contribution in [0.4, 0.5) is 0 Å². The summed E-state index contributed by atoms with van der Waals surface area (Å²) >= 11 is 0. The lowest BCUT2D eigenvalue weighted by Crippen LogP contribution is -2.39. The molecule has 0 aliphatic carbocycles. The molecule has 2 unspecified atom stereocenters. The maximum Gasteiger partial charge on any atom is 0.322 e. The molecular formula is C13H26N2O3. The molecule has 106 valence electrons. The molecule has 1 fully saturated rings. The van der Waals surface area contributed by atoms with Crippen molar-refractivity contribution in [3.05, 3.63) is 0 Å². The van der Waals surface area contributed by atoms with E-state index in [4.69, 9.17) is 15.2 Å². The standard InChI is InChI=1S/C13H26N2O3/c1-3-15(10-11-6-5-9-18-11)8-7-12(14)13(16)17-4-2/h11-12H,3-10,14H2,1-2H3. The molecule has 0 bridgehead atoms. The van der Waals surface area contributed by atoms with Gasteiger partial charge >= 0.3 is 5.97 Å². The zero-order valence-electron chi connectivity index (χ0n) is 11.6. The van der Waals surface area contributed by atoms with Gasteiger partial charge in [-0.05, 0) is 32.7 Å². The summed E-state index contributed by atoms with van der Waals surface area (Å²) in [5, 5.41) is 0. The molecule has 1 saturated heterocycles. The highest BCUT2D eigenvalue weighted by atomic mass is 16.5. The highest BCUT2D eigenvalue weighted by Crippen LogP contribution is 2.13. The average molecular weight is 258 g/mol. The lowest BCUT2D eigenvalue weighted by atomic mass is 10.2. The Morgan fingerprint density at radius 2 is 2.33 bits per heavy atom. The lowest BCUT2D eigenvalue weighted by molar-refractivity contribution is -0.144. The fraction of sp³-hybridized carbons (Fsp3) is 0.923. The molecule has 18 heavy (non-hydrogen) atoms. The summed E-state index contributed by atoms with van der Waals surface area (Å²) in [6.45, 7) is 7.88. The van der Waals surface area contributed by atoms with Gasteiger partial charge in [-0.3, -0.25) is 4.79 Å². The van der Waals surface area contributed by atoms with E-state index in [0.29, 0.717) is 19.1 Å². The maximum atomic E-state index is 11.4. The van der Waals surface area contributed by atoms with Gasteiger partial charge in [-0.25, -0.2) is 0 Å². The van der Waals surface area contributed by atoms with E-state index in [-0.39, 0.29) is 5.97 Å². The minimum atomic E-state index is -0.511. The molecule has 1 rings (SSSR count). The van der Waals surface area contributed by atoms with Crippen LogP contribution < -0.4 is 5.73 Å². The molecule has 1 heterocycles. The molecule has 2 atom stereocenters. The summed E-state index contributed by atoms with van der Waals surface area (Å²) in [6.07, 6.45) is 3.29. The molecule has 1 aliphatic heterocycles. The van der Waals surface area contributed by atoms with Crippen LogP contribution in [-0.4, -0.2) is 55.9 Å². The SMILES string of the molecule is CCOC(=O)C(N)CCN(CC)CC1CCCO1. The van der Waals surface area contributed by atoms with Crippen LogP contribution in [0, 0.1) is 0 Å². The number of hydrogen-bond acceptors (Lipinski definition) is 5. The fourth-order valence-corrected chi connectivity index (χ4v) is 2.14. The number of nitrogens with two attached hydrogens (primary N) is 1. The second-order valence-corrected chi connectivity index (χ2v) is 4.68. The molecule has 0 spiro atoms. The Bertz CT molecular complexity index is 242. The number of ether oxygens (including phenoxy) is 2. The van der Waals surface area contributed by atoms with E-state index < -0.39 is 6.04 Å². The predicted octanol–water partition coefficient (Wildman–Crippen LogP) is 0.768. The van der Waals surface area contributed by atoms with Crippen LogP contribution in [-0.2, 0) is 14.3 Å². The Labute approximate surface area is 110 Å². The maximum absolute atomic E-state index is 11.4. The molecule has 1 aliphatic rings. The molecular weight excluding hydrogens is 232 g/mol. The van der Waals surface area contributed by atoms with Gasteiger partial charge in [0.2, 0.25) is 0 Å². The van der Waals surface area contributed by atoms with Gasteiger partial charge in [-0.15, -0.1) is 0 Å². The summed E-state index contributed by atoms with van der Waals surface area (Å²) < 4.78 is 10.5. The minimum absolute atomic E-state index is 0.300. The van der Waals surface area contributed by atoms with E-state index in [1.165, 1.54) is 0 Å². The highest BCUT2D eigenvalue weighted by molar-refractivity contribution is 5.75. The third kappa shape index (κ3) is 5.33. The molecule has 0 aromatic heterocycles. The summed E-state index contributed by atoms with van der Waals surface area (Å²) in [4.78, 5) is 13.7. The number of carbonyl (C=O) groups is 1. The number of nitrogens with zero attached hydrogens (tertiary/aromatic N) is 1. The fourth-order valence-electron chi connectivity index (χ4n) is 2.14. The monoisotopic (exact) mass is 258 g/mol. The quantitative estimate of drug-likeness (QED) is 0.651. The van der Waals surface area contributed by atoms with Crippen molar-refractivity contribution in [3.63, 3.8) is 0 Å². The first-order valence-corrected chi connectivity index (χ1v) is 6.93. The predicted molar refractivity (Wildman–Crippen MR) is 70.3 cm³/mol. The van der Waals surface area contributed by atoms with Crippen molar-refractivity contribution >= 4 is 5.97 Å². The minimum Gasteiger partial charge on any atom is -0.465 e. The van der Waals surface area contributed by atoms with Gasteiger partial charge in [0, 0.05) is 19.7 Å². The van der Waals surface area contributed by atoms with E-state index in [1.807, 2.05) is 0 Å². The number of hydrogen-bond donors (Lipinski definition) is 1. The summed E-state index contributed by atoms with van der Waals surface area (Å²) in [5.41, 5.74) is 5.78. The van der Waals surface area contributed by atoms with E-state index in [0.717, 1.165) is 39.1 Å². The Morgan fingerprint density at radius 1 is 1.56 bits per heavy atom. The molecule has 0 saturated carbocycles. The van der Waals surface area contributed by atoms with Crippen molar-refractivity contribution in [1.82, 2.24) is 4.90 Å². The van der Waals surface area contributed by atoms with Crippen LogP contribution in [0.15, 0.2) is 0 Å². The van der Waals surface area contributed by atoms with Crippen LogP contribution in [0.25, 0.3) is 0 Å².